The van der Waals surface area contributed by atoms with Crippen LogP contribution in [0.2, 0.25) is 0 Å². The number of aromatic nitrogens is 1. The smallest absolute Gasteiger partial charge is 0.211 e. The van der Waals surface area contributed by atoms with Gasteiger partial charge in [0.15, 0.2) is 0 Å². The van der Waals surface area contributed by atoms with E-state index in [0.717, 1.165) is 21.6 Å². The van der Waals surface area contributed by atoms with E-state index in [9.17, 15) is 5.11 Å². The number of rotatable bonds is 5. The van der Waals surface area contributed by atoms with Gasteiger partial charge in [-0.15, -0.1) is 23.0 Å². The minimum atomic E-state index is 0.233. The van der Waals surface area contributed by atoms with Crippen molar-refractivity contribution in [2.45, 2.75) is 6.54 Å². The summed E-state index contributed by atoms with van der Waals surface area (Å²) in [6, 6.07) is 21.6. The van der Waals surface area contributed by atoms with Gasteiger partial charge in [-0.05, 0) is 52.2 Å². The third-order valence-electron chi connectivity index (χ3n) is 4.40. The first-order valence-corrected chi connectivity index (χ1v) is 9.77. The third kappa shape index (κ3) is 3.80. The van der Waals surface area contributed by atoms with Gasteiger partial charge in [0.1, 0.15) is 5.75 Å². The van der Waals surface area contributed by atoms with Crippen molar-refractivity contribution in [2.24, 2.45) is 10.2 Å². The Hall–Kier alpha value is -3.44. The number of benzene rings is 3. The quantitative estimate of drug-likeness (QED) is 0.287. The first kappa shape index (κ1) is 17.9. The highest BCUT2D eigenvalue weighted by Gasteiger charge is 2.08. The van der Waals surface area contributed by atoms with Gasteiger partial charge in [0.25, 0.3) is 0 Å². The zero-order valence-electron chi connectivity index (χ0n) is 15.2. The molecule has 0 radical (unpaired) electrons. The predicted octanol–water partition coefficient (Wildman–Crippen LogP) is 5.20. The Morgan fingerprint density at radius 2 is 1.79 bits per heavy atom. The topological polar surface area (TPSA) is 49.9 Å². The molecule has 0 bridgehead atoms. The molecule has 4 rings (SSSR count). The van der Waals surface area contributed by atoms with Crippen molar-refractivity contribution in [1.29, 1.82) is 0 Å². The number of allylic oxidation sites excluding steroid dienone is 1. The fraction of sp³-hybridized carbons (Fsp3) is 0.0435. The summed E-state index contributed by atoms with van der Waals surface area (Å²) in [7, 11) is 0. The SMILES string of the molecule is C=CCn1c(-c2ccc3ccccc3c2)cs/c1=N\N=C/c1ccc(O)cc1. The zero-order valence-corrected chi connectivity index (χ0v) is 16.0. The van der Waals surface area contributed by atoms with Crippen LogP contribution < -0.4 is 4.80 Å². The number of hydrogen-bond donors (Lipinski definition) is 1. The van der Waals surface area contributed by atoms with Crippen molar-refractivity contribution in [2.75, 3.05) is 0 Å². The van der Waals surface area contributed by atoms with Gasteiger partial charge in [0.2, 0.25) is 4.80 Å². The van der Waals surface area contributed by atoms with E-state index in [-0.39, 0.29) is 5.75 Å². The molecular weight excluding hydrogens is 366 g/mol. The van der Waals surface area contributed by atoms with E-state index in [1.54, 1.807) is 41.8 Å². The fourth-order valence-corrected chi connectivity index (χ4v) is 3.87. The van der Waals surface area contributed by atoms with Crippen LogP contribution in [0, 0.1) is 0 Å². The summed E-state index contributed by atoms with van der Waals surface area (Å²) in [5.74, 6) is 0.233. The van der Waals surface area contributed by atoms with Crippen LogP contribution in [0.15, 0.2) is 95.0 Å². The van der Waals surface area contributed by atoms with E-state index in [0.29, 0.717) is 6.54 Å². The van der Waals surface area contributed by atoms with E-state index < -0.39 is 0 Å². The van der Waals surface area contributed by atoms with Crippen LogP contribution in [-0.2, 0) is 6.54 Å². The van der Waals surface area contributed by atoms with Crippen LogP contribution in [-0.4, -0.2) is 15.9 Å². The lowest BCUT2D eigenvalue weighted by Crippen LogP contribution is -2.14. The van der Waals surface area contributed by atoms with Crippen molar-refractivity contribution in [3.63, 3.8) is 0 Å². The number of thiazole rings is 1. The summed E-state index contributed by atoms with van der Waals surface area (Å²) in [5, 5.41) is 22.5. The summed E-state index contributed by atoms with van der Waals surface area (Å²) in [6.07, 6.45) is 3.53. The molecule has 0 aliphatic heterocycles. The van der Waals surface area contributed by atoms with Crippen molar-refractivity contribution in [1.82, 2.24) is 4.57 Å². The predicted molar refractivity (Wildman–Crippen MR) is 117 cm³/mol. The maximum absolute atomic E-state index is 9.35. The number of phenolic OH excluding ortho intramolecular Hbond substituents is 1. The van der Waals surface area contributed by atoms with Gasteiger partial charge in [0, 0.05) is 11.9 Å². The van der Waals surface area contributed by atoms with Gasteiger partial charge >= 0.3 is 0 Å². The summed E-state index contributed by atoms with van der Waals surface area (Å²) in [4.78, 5) is 0.804. The molecule has 0 atom stereocenters. The van der Waals surface area contributed by atoms with E-state index in [4.69, 9.17) is 0 Å². The monoisotopic (exact) mass is 385 g/mol. The minimum Gasteiger partial charge on any atom is -0.508 e. The highest BCUT2D eigenvalue weighted by molar-refractivity contribution is 7.07. The number of nitrogens with zero attached hydrogens (tertiary/aromatic N) is 3. The van der Waals surface area contributed by atoms with Crippen molar-refractivity contribution in [3.05, 3.63) is 95.1 Å². The van der Waals surface area contributed by atoms with E-state index in [2.05, 4.69) is 63.1 Å². The summed E-state index contributed by atoms with van der Waals surface area (Å²) >= 11 is 1.55. The molecule has 0 unspecified atom stereocenters. The second-order valence-electron chi connectivity index (χ2n) is 6.30. The number of phenols is 1. The molecule has 5 heteroatoms. The first-order valence-electron chi connectivity index (χ1n) is 8.89. The van der Waals surface area contributed by atoms with Gasteiger partial charge in [-0.1, -0.05) is 42.5 Å². The summed E-state index contributed by atoms with van der Waals surface area (Å²) in [6.45, 7) is 4.53. The lowest BCUT2D eigenvalue weighted by Gasteiger charge is -2.07. The molecule has 3 aromatic carbocycles. The Morgan fingerprint density at radius 3 is 2.57 bits per heavy atom. The molecule has 0 saturated carbocycles. The maximum atomic E-state index is 9.35. The maximum Gasteiger partial charge on any atom is 0.211 e. The Kier molecular flexibility index (Phi) is 5.17. The minimum absolute atomic E-state index is 0.233. The first-order chi connectivity index (χ1) is 13.7. The molecule has 0 spiro atoms. The van der Waals surface area contributed by atoms with Gasteiger partial charge in [-0.3, -0.25) is 0 Å². The zero-order chi connectivity index (χ0) is 19.3. The summed E-state index contributed by atoms with van der Waals surface area (Å²) < 4.78 is 2.11. The van der Waals surface area contributed by atoms with Gasteiger partial charge in [-0.25, -0.2) is 0 Å². The van der Waals surface area contributed by atoms with Crippen LogP contribution in [0.3, 0.4) is 0 Å². The number of hydrogen-bond acceptors (Lipinski definition) is 4. The number of aromatic hydroxyl groups is 1. The molecule has 28 heavy (non-hydrogen) atoms. The van der Waals surface area contributed by atoms with Crippen LogP contribution in [0.25, 0.3) is 22.0 Å². The van der Waals surface area contributed by atoms with Crippen LogP contribution in [0.1, 0.15) is 5.56 Å². The Balaban J connectivity index is 1.72. The number of fused-ring (bicyclic) bond motifs is 1. The van der Waals surface area contributed by atoms with E-state index in [1.807, 2.05) is 12.1 Å². The Morgan fingerprint density at radius 1 is 1.00 bits per heavy atom. The van der Waals surface area contributed by atoms with Crippen molar-refractivity contribution in [3.8, 4) is 17.0 Å². The average molecular weight is 385 g/mol. The lowest BCUT2D eigenvalue weighted by atomic mass is 10.1. The van der Waals surface area contributed by atoms with Crippen LogP contribution in [0.5, 0.6) is 5.75 Å². The molecule has 138 valence electrons. The van der Waals surface area contributed by atoms with Crippen LogP contribution >= 0.6 is 11.3 Å². The molecule has 1 aromatic heterocycles. The molecule has 0 amide bonds. The molecular formula is C23H19N3OS. The van der Waals surface area contributed by atoms with Crippen molar-refractivity contribution >= 4 is 28.3 Å². The van der Waals surface area contributed by atoms with Crippen molar-refractivity contribution < 1.29 is 5.11 Å². The Labute approximate surface area is 167 Å². The van der Waals surface area contributed by atoms with Gasteiger partial charge < -0.3 is 9.67 Å². The van der Waals surface area contributed by atoms with E-state index >= 15 is 0 Å². The molecule has 0 aliphatic rings. The second kappa shape index (κ2) is 8.06. The average Bonchev–Trinajstić information content (AvgIpc) is 3.12. The molecule has 1 N–H and O–H groups in total. The Bertz CT molecular complexity index is 1220. The van der Waals surface area contributed by atoms with Gasteiger partial charge in [0.05, 0.1) is 11.9 Å². The van der Waals surface area contributed by atoms with E-state index in [1.165, 1.54) is 10.8 Å². The molecule has 4 nitrogen and oxygen atoms in total. The molecule has 0 fully saturated rings. The fourth-order valence-electron chi connectivity index (χ4n) is 3.00. The lowest BCUT2D eigenvalue weighted by molar-refractivity contribution is 0.475. The molecule has 4 aromatic rings. The highest BCUT2D eigenvalue weighted by atomic mass is 32.1. The van der Waals surface area contributed by atoms with Crippen LogP contribution in [0.4, 0.5) is 0 Å². The highest BCUT2D eigenvalue weighted by Crippen LogP contribution is 2.25. The summed E-state index contributed by atoms with van der Waals surface area (Å²) in [5.41, 5.74) is 3.11. The molecule has 0 aliphatic carbocycles. The normalized spacial score (nSPS) is 12.1. The second-order valence-corrected chi connectivity index (χ2v) is 7.14. The van der Waals surface area contributed by atoms with Gasteiger partial charge in [-0.2, -0.15) is 5.10 Å². The third-order valence-corrected chi connectivity index (χ3v) is 5.25. The molecule has 1 heterocycles. The molecule has 0 saturated heterocycles. The standard InChI is InChI=1S/C23H19N3OS/c1-2-13-26-22(20-10-9-18-5-3-4-6-19(18)14-20)16-28-23(26)25-24-15-17-7-11-21(27)12-8-17/h2-12,14-16,27H,1,13H2/b24-15-,25-23-. The largest absolute Gasteiger partial charge is 0.508 e.